The smallest absolute Gasteiger partial charge is 0.416 e. The molecule has 5 rings (SSSR count). The van der Waals surface area contributed by atoms with Crippen molar-refractivity contribution in [3.05, 3.63) is 93.8 Å². The number of sulfone groups is 1. The number of aromatic hydroxyl groups is 1. The Hall–Kier alpha value is -4.06. The molecule has 12 heteroatoms. The number of hydrogen-bond acceptors (Lipinski definition) is 6. The van der Waals surface area contributed by atoms with Crippen LogP contribution < -0.4 is 15.0 Å². The Balaban J connectivity index is 1.80. The molecule has 1 amide bonds. The number of anilines is 2. The lowest BCUT2D eigenvalue weighted by atomic mass is 9.88. The molecule has 2 N–H and O–H groups in total. The van der Waals surface area contributed by atoms with Crippen molar-refractivity contribution in [3.63, 3.8) is 0 Å². The van der Waals surface area contributed by atoms with Crippen LogP contribution in [0.25, 0.3) is 0 Å². The quantitative estimate of drug-likeness (QED) is 0.243. The Morgan fingerprint density at radius 1 is 1.12 bits per heavy atom. The van der Waals surface area contributed by atoms with Crippen LogP contribution in [0, 0.1) is 11.2 Å². The number of ether oxygens (including phenoxy) is 1. The molecule has 0 radical (unpaired) electrons. The summed E-state index contributed by atoms with van der Waals surface area (Å²) < 4.78 is 89.9. The second kappa shape index (κ2) is 10.9. The van der Waals surface area contributed by atoms with Crippen LogP contribution in [-0.2, 0) is 27.2 Å². The molecule has 0 saturated carbocycles. The monoisotopic (exact) mass is 618 g/mol. The first-order valence-electron chi connectivity index (χ1n) is 13.6. The molecule has 228 valence electrons. The largest absolute Gasteiger partial charge is 0.506 e. The third-order valence-electron chi connectivity index (χ3n) is 7.44. The number of halogens is 4. The minimum Gasteiger partial charge on any atom is -0.506 e. The minimum absolute atomic E-state index is 0.0177. The third kappa shape index (κ3) is 5.80. The number of phenolic OH excluding ortho intramolecular Hbond substituents is 1. The van der Waals surface area contributed by atoms with Crippen LogP contribution in [0.15, 0.2) is 71.3 Å². The summed E-state index contributed by atoms with van der Waals surface area (Å²) in [5, 5.41) is 13.9. The Kier molecular flexibility index (Phi) is 7.70. The number of rotatable bonds is 5. The fourth-order valence-electron chi connectivity index (χ4n) is 5.78. The van der Waals surface area contributed by atoms with Gasteiger partial charge in [-0.05, 0) is 49.1 Å². The van der Waals surface area contributed by atoms with E-state index in [4.69, 9.17) is 4.74 Å². The minimum atomic E-state index is -4.85. The summed E-state index contributed by atoms with van der Waals surface area (Å²) in [6, 6.07) is 11.1. The SMILES string of the molecule is CCOc1ccccc1CC(=O)N1c2cccc(O)c2NC2=C([C@@H]1c1ccc(C(F)(F)F)cc1F)S(=O)(=O)CC(C)(C)C2. The molecule has 0 saturated heterocycles. The Labute approximate surface area is 246 Å². The van der Waals surface area contributed by atoms with Gasteiger partial charge in [-0.1, -0.05) is 44.2 Å². The molecule has 0 aliphatic carbocycles. The second-order valence-corrected chi connectivity index (χ2v) is 13.3. The van der Waals surface area contributed by atoms with Gasteiger partial charge < -0.3 is 15.2 Å². The van der Waals surface area contributed by atoms with E-state index in [9.17, 15) is 31.5 Å². The molecule has 0 bridgehead atoms. The van der Waals surface area contributed by atoms with E-state index in [-0.39, 0.29) is 46.3 Å². The first-order valence-corrected chi connectivity index (χ1v) is 15.2. The van der Waals surface area contributed by atoms with Gasteiger partial charge in [0.25, 0.3) is 0 Å². The van der Waals surface area contributed by atoms with Crippen LogP contribution in [0.3, 0.4) is 0 Å². The molecule has 0 aromatic heterocycles. The molecule has 0 spiro atoms. The number of allylic oxidation sites excluding steroid dienone is 1. The fourth-order valence-corrected chi connectivity index (χ4v) is 8.14. The van der Waals surface area contributed by atoms with Crippen molar-refractivity contribution in [2.45, 2.75) is 45.8 Å². The van der Waals surface area contributed by atoms with Gasteiger partial charge in [0.2, 0.25) is 5.91 Å². The summed E-state index contributed by atoms with van der Waals surface area (Å²) in [6.45, 7) is 5.53. The Morgan fingerprint density at radius 3 is 2.51 bits per heavy atom. The molecule has 43 heavy (non-hydrogen) atoms. The van der Waals surface area contributed by atoms with E-state index in [1.54, 1.807) is 45.0 Å². The number of alkyl halides is 3. The van der Waals surface area contributed by atoms with Gasteiger partial charge in [-0.2, -0.15) is 13.2 Å². The van der Waals surface area contributed by atoms with E-state index < -0.39 is 50.3 Å². The number of benzene rings is 3. The number of nitrogens with one attached hydrogen (secondary N) is 1. The predicted octanol–water partition coefficient (Wildman–Crippen LogP) is 6.75. The first-order chi connectivity index (χ1) is 20.1. The van der Waals surface area contributed by atoms with E-state index in [1.165, 1.54) is 18.2 Å². The van der Waals surface area contributed by atoms with Crippen molar-refractivity contribution >= 4 is 27.1 Å². The maximum Gasteiger partial charge on any atom is 0.416 e. The lowest BCUT2D eigenvalue weighted by Gasteiger charge is -2.37. The van der Waals surface area contributed by atoms with E-state index in [0.29, 0.717) is 30.1 Å². The maximum absolute atomic E-state index is 15.8. The van der Waals surface area contributed by atoms with E-state index in [0.717, 1.165) is 11.0 Å². The molecule has 3 aromatic rings. The molecule has 2 heterocycles. The first kappa shape index (κ1) is 30.4. The van der Waals surface area contributed by atoms with Crippen molar-refractivity contribution < 1.29 is 40.6 Å². The number of amides is 1. The average Bonchev–Trinajstić information content (AvgIpc) is 3.04. The van der Waals surface area contributed by atoms with Crippen molar-refractivity contribution in [2.24, 2.45) is 5.41 Å². The zero-order chi connectivity index (χ0) is 31.3. The van der Waals surface area contributed by atoms with Crippen LogP contribution in [0.1, 0.15) is 49.9 Å². The molecule has 0 unspecified atom stereocenters. The van der Waals surface area contributed by atoms with Gasteiger partial charge in [0.1, 0.15) is 29.0 Å². The molecule has 7 nitrogen and oxygen atoms in total. The zero-order valence-electron chi connectivity index (χ0n) is 23.6. The highest BCUT2D eigenvalue weighted by molar-refractivity contribution is 7.95. The average molecular weight is 619 g/mol. The predicted molar refractivity (Wildman–Crippen MR) is 154 cm³/mol. The van der Waals surface area contributed by atoms with Crippen molar-refractivity contribution in [2.75, 3.05) is 22.6 Å². The summed E-state index contributed by atoms with van der Waals surface area (Å²) in [5.74, 6) is -2.27. The second-order valence-electron chi connectivity index (χ2n) is 11.4. The van der Waals surface area contributed by atoms with Crippen molar-refractivity contribution in [1.29, 1.82) is 0 Å². The van der Waals surface area contributed by atoms with Gasteiger partial charge in [0, 0.05) is 16.8 Å². The maximum atomic E-state index is 15.8. The van der Waals surface area contributed by atoms with Crippen LogP contribution >= 0.6 is 0 Å². The number of phenols is 1. The zero-order valence-corrected chi connectivity index (χ0v) is 24.4. The van der Waals surface area contributed by atoms with E-state index in [2.05, 4.69) is 5.32 Å². The lowest BCUT2D eigenvalue weighted by molar-refractivity contribution is -0.137. The van der Waals surface area contributed by atoms with Gasteiger partial charge in [0.05, 0.1) is 34.9 Å². The molecular formula is C31H30F4N2O5S. The Morgan fingerprint density at radius 2 is 1.84 bits per heavy atom. The van der Waals surface area contributed by atoms with Crippen LogP contribution in [0.2, 0.25) is 0 Å². The third-order valence-corrected chi connectivity index (χ3v) is 9.74. The molecular weight excluding hydrogens is 588 g/mol. The van der Waals surface area contributed by atoms with Crippen LogP contribution in [0.5, 0.6) is 11.5 Å². The number of para-hydroxylation sites is 2. The number of nitrogens with zero attached hydrogens (tertiary/aromatic N) is 1. The summed E-state index contributed by atoms with van der Waals surface area (Å²) in [6.07, 6.45) is -5.03. The molecule has 2 aliphatic heterocycles. The fraction of sp³-hybridized carbons (Fsp3) is 0.323. The molecule has 3 aromatic carbocycles. The summed E-state index contributed by atoms with van der Waals surface area (Å²) in [5.41, 5.74) is -1.85. The molecule has 0 fully saturated rings. The number of fused-ring (bicyclic) bond motifs is 1. The van der Waals surface area contributed by atoms with Gasteiger partial charge in [-0.25, -0.2) is 12.8 Å². The summed E-state index contributed by atoms with van der Waals surface area (Å²) in [7, 11) is -4.23. The van der Waals surface area contributed by atoms with Gasteiger partial charge >= 0.3 is 6.18 Å². The van der Waals surface area contributed by atoms with Crippen LogP contribution in [-0.4, -0.2) is 31.8 Å². The number of carbonyl (C=O) groups excluding carboxylic acids is 1. The van der Waals surface area contributed by atoms with Crippen molar-refractivity contribution in [1.82, 2.24) is 0 Å². The number of hydrogen-bond donors (Lipinski definition) is 2. The highest BCUT2D eigenvalue weighted by atomic mass is 32.2. The highest BCUT2D eigenvalue weighted by Crippen LogP contribution is 2.52. The van der Waals surface area contributed by atoms with E-state index in [1.807, 2.05) is 0 Å². The lowest BCUT2D eigenvalue weighted by Crippen LogP contribution is -2.42. The normalized spacial score (nSPS) is 19.1. The van der Waals surface area contributed by atoms with Gasteiger partial charge in [0.15, 0.2) is 9.84 Å². The van der Waals surface area contributed by atoms with Crippen LogP contribution in [0.4, 0.5) is 28.9 Å². The Bertz CT molecular complexity index is 1730. The standard InChI is InChI=1S/C31H30F4N2O5S/c1-4-42-25-11-6-5-8-18(25)14-26(39)37-23-9-7-10-24(38)27(23)36-22-16-30(2,3)17-43(40,41)29(22)28(37)20-13-12-19(15-21(20)32)31(33,34)35/h5-13,15,28,36,38H,4,14,16-17H2,1-3H3/t28-/m0/s1. The summed E-state index contributed by atoms with van der Waals surface area (Å²) >= 11 is 0. The van der Waals surface area contributed by atoms with E-state index >= 15 is 4.39 Å². The van der Waals surface area contributed by atoms with Gasteiger partial charge in [-0.3, -0.25) is 9.69 Å². The number of carbonyl (C=O) groups is 1. The van der Waals surface area contributed by atoms with Crippen molar-refractivity contribution in [3.8, 4) is 11.5 Å². The molecule has 1 atom stereocenters. The van der Waals surface area contributed by atoms with Gasteiger partial charge in [-0.15, -0.1) is 0 Å². The topological polar surface area (TPSA) is 95.9 Å². The highest BCUT2D eigenvalue weighted by Gasteiger charge is 2.48. The molecule has 2 aliphatic rings. The summed E-state index contributed by atoms with van der Waals surface area (Å²) in [4.78, 5) is 15.0.